The number of hydrogen-bond acceptors (Lipinski definition) is 3. The largest absolute Gasteiger partial charge is 0.377 e. The van der Waals surface area contributed by atoms with Crippen LogP contribution in [0.15, 0.2) is 24.3 Å². The van der Waals surface area contributed by atoms with Gasteiger partial charge < -0.3 is 4.74 Å². The molecule has 0 aliphatic heterocycles. The Morgan fingerprint density at radius 1 is 1.38 bits per heavy atom. The van der Waals surface area contributed by atoms with E-state index in [-0.39, 0.29) is 11.6 Å². The molecule has 0 radical (unpaired) electrons. The molecule has 0 bridgehead atoms. The van der Waals surface area contributed by atoms with Gasteiger partial charge in [-0.15, -0.1) is 0 Å². The second-order valence-electron chi connectivity index (χ2n) is 4.36. The maximum Gasteiger partial charge on any atom is 0.0791 e. The molecule has 1 unspecified atom stereocenters. The Hall–Kier alpha value is -0.610. The van der Waals surface area contributed by atoms with Crippen molar-refractivity contribution in [2.75, 3.05) is 7.11 Å². The average Bonchev–Trinajstić information content (AvgIpc) is 2.28. The van der Waals surface area contributed by atoms with Crippen molar-refractivity contribution in [2.24, 2.45) is 5.84 Å². The molecule has 1 aromatic carbocycles. The summed E-state index contributed by atoms with van der Waals surface area (Å²) >= 11 is 5.83. The Morgan fingerprint density at radius 3 is 2.38 bits per heavy atom. The van der Waals surface area contributed by atoms with E-state index < -0.39 is 0 Å². The molecular formula is C12H19ClN2O. The first kappa shape index (κ1) is 13.5. The van der Waals surface area contributed by atoms with Crippen LogP contribution in [0.25, 0.3) is 0 Å². The van der Waals surface area contributed by atoms with Gasteiger partial charge in [-0.1, -0.05) is 23.7 Å². The molecule has 0 heterocycles. The number of nitrogens with two attached hydrogens (primary N) is 1. The van der Waals surface area contributed by atoms with Crippen molar-refractivity contribution in [3.63, 3.8) is 0 Å². The summed E-state index contributed by atoms with van der Waals surface area (Å²) in [6.45, 7) is 4.01. The van der Waals surface area contributed by atoms with E-state index in [0.717, 1.165) is 11.4 Å². The van der Waals surface area contributed by atoms with Gasteiger partial charge in [0.25, 0.3) is 0 Å². The van der Waals surface area contributed by atoms with Crippen molar-refractivity contribution in [1.29, 1.82) is 0 Å². The number of methoxy groups -OCH3 is 1. The number of rotatable bonds is 5. The summed E-state index contributed by atoms with van der Waals surface area (Å²) < 4.78 is 5.42. The van der Waals surface area contributed by atoms with E-state index in [1.807, 2.05) is 38.1 Å². The Morgan fingerprint density at radius 2 is 1.94 bits per heavy atom. The summed E-state index contributed by atoms with van der Waals surface area (Å²) in [4.78, 5) is 0. The average molecular weight is 243 g/mol. The number of benzene rings is 1. The minimum Gasteiger partial charge on any atom is -0.377 e. The summed E-state index contributed by atoms with van der Waals surface area (Å²) in [5, 5.41) is 0.743. The molecule has 0 fully saturated rings. The first-order valence-electron chi connectivity index (χ1n) is 5.25. The van der Waals surface area contributed by atoms with Crippen molar-refractivity contribution < 1.29 is 4.74 Å². The van der Waals surface area contributed by atoms with Crippen LogP contribution in [-0.2, 0) is 11.2 Å². The summed E-state index contributed by atoms with van der Waals surface area (Å²) in [5.74, 6) is 5.56. The van der Waals surface area contributed by atoms with Crippen molar-refractivity contribution in [1.82, 2.24) is 5.43 Å². The quantitative estimate of drug-likeness (QED) is 0.614. The predicted octanol–water partition coefficient (Wildman–Crippen LogP) is 2.14. The van der Waals surface area contributed by atoms with Crippen molar-refractivity contribution in [3.05, 3.63) is 34.9 Å². The highest BCUT2D eigenvalue weighted by molar-refractivity contribution is 6.30. The molecule has 1 rings (SSSR count). The van der Waals surface area contributed by atoms with Crippen LogP contribution in [0, 0.1) is 0 Å². The molecule has 1 aromatic rings. The molecule has 0 amide bonds. The smallest absolute Gasteiger partial charge is 0.0791 e. The lowest BCUT2D eigenvalue weighted by atomic mass is 9.93. The van der Waals surface area contributed by atoms with Crippen LogP contribution in [0.5, 0.6) is 0 Å². The molecule has 0 spiro atoms. The minimum atomic E-state index is -0.311. The molecule has 90 valence electrons. The SMILES string of the molecule is COC(C)(C)C(Cc1ccc(Cl)cc1)NN. The lowest BCUT2D eigenvalue weighted by Crippen LogP contribution is -2.52. The zero-order valence-electron chi connectivity index (χ0n) is 9.96. The van der Waals surface area contributed by atoms with Gasteiger partial charge in [-0.05, 0) is 38.0 Å². The highest BCUT2D eigenvalue weighted by Crippen LogP contribution is 2.18. The third kappa shape index (κ3) is 3.46. The molecular weight excluding hydrogens is 224 g/mol. The van der Waals surface area contributed by atoms with Gasteiger partial charge in [-0.25, -0.2) is 0 Å². The van der Waals surface area contributed by atoms with E-state index in [4.69, 9.17) is 22.2 Å². The number of ether oxygens (including phenoxy) is 1. The van der Waals surface area contributed by atoms with E-state index >= 15 is 0 Å². The zero-order valence-corrected chi connectivity index (χ0v) is 10.7. The fourth-order valence-electron chi connectivity index (χ4n) is 1.50. The third-order valence-corrected chi connectivity index (χ3v) is 3.17. The highest BCUT2D eigenvalue weighted by atomic mass is 35.5. The standard InChI is InChI=1S/C12H19ClN2O/c1-12(2,16-3)11(15-14)8-9-4-6-10(13)7-5-9/h4-7,11,15H,8,14H2,1-3H3. The third-order valence-electron chi connectivity index (χ3n) is 2.92. The van der Waals surface area contributed by atoms with Crippen LogP contribution in [0.3, 0.4) is 0 Å². The number of nitrogens with one attached hydrogen (secondary N) is 1. The molecule has 0 saturated heterocycles. The number of halogens is 1. The molecule has 1 atom stereocenters. The molecule has 0 aliphatic rings. The Labute approximate surface area is 102 Å². The fourth-order valence-corrected chi connectivity index (χ4v) is 1.63. The number of hydrogen-bond donors (Lipinski definition) is 2. The second kappa shape index (κ2) is 5.64. The lowest BCUT2D eigenvalue weighted by molar-refractivity contribution is -0.0101. The molecule has 16 heavy (non-hydrogen) atoms. The van der Waals surface area contributed by atoms with Crippen molar-refractivity contribution in [3.8, 4) is 0 Å². The Balaban J connectivity index is 2.74. The Bertz CT molecular complexity index is 324. The van der Waals surface area contributed by atoms with Crippen LogP contribution in [-0.4, -0.2) is 18.8 Å². The van der Waals surface area contributed by atoms with Crippen LogP contribution in [0.1, 0.15) is 19.4 Å². The Kier molecular flexibility index (Phi) is 4.74. The highest BCUT2D eigenvalue weighted by Gasteiger charge is 2.28. The topological polar surface area (TPSA) is 47.3 Å². The predicted molar refractivity (Wildman–Crippen MR) is 67.4 cm³/mol. The minimum absolute atomic E-state index is 0.0543. The second-order valence-corrected chi connectivity index (χ2v) is 4.79. The van der Waals surface area contributed by atoms with Crippen LogP contribution in [0.4, 0.5) is 0 Å². The van der Waals surface area contributed by atoms with Gasteiger partial charge in [-0.3, -0.25) is 11.3 Å². The molecule has 0 saturated carbocycles. The van der Waals surface area contributed by atoms with Gasteiger partial charge in [-0.2, -0.15) is 0 Å². The molecule has 0 aromatic heterocycles. The summed E-state index contributed by atoms with van der Waals surface area (Å²) in [7, 11) is 1.69. The first-order chi connectivity index (χ1) is 7.49. The van der Waals surface area contributed by atoms with Crippen LogP contribution < -0.4 is 11.3 Å². The van der Waals surface area contributed by atoms with E-state index in [1.54, 1.807) is 7.11 Å². The van der Waals surface area contributed by atoms with Gasteiger partial charge in [0.2, 0.25) is 0 Å². The zero-order chi connectivity index (χ0) is 12.2. The van der Waals surface area contributed by atoms with Gasteiger partial charge in [0.1, 0.15) is 0 Å². The number of hydrazine groups is 1. The normalized spacial score (nSPS) is 13.8. The van der Waals surface area contributed by atoms with E-state index in [9.17, 15) is 0 Å². The van der Waals surface area contributed by atoms with Crippen molar-refractivity contribution in [2.45, 2.75) is 31.9 Å². The molecule has 4 heteroatoms. The van der Waals surface area contributed by atoms with E-state index in [2.05, 4.69) is 5.43 Å². The van der Waals surface area contributed by atoms with Crippen molar-refractivity contribution >= 4 is 11.6 Å². The van der Waals surface area contributed by atoms with Crippen LogP contribution >= 0.6 is 11.6 Å². The maximum absolute atomic E-state index is 5.83. The molecule has 0 aliphatic carbocycles. The van der Waals surface area contributed by atoms with Gasteiger partial charge in [0.15, 0.2) is 0 Å². The first-order valence-corrected chi connectivity index (χ1v) is 5.63. The maximum atomic E-state index is 5.83. The van der Waals surface area contributed by atoms with Gasteiger partial charge in [0, 0.05) is 12.1 Å². The van der Waals surface area contributed by atoms with Gasteiger partial charge >= 0.3 is 0 Å². The van der Waals surface area contributed by atoms with E-state index in [1.165, 1.54) is 5.56 Å². The summed E-state index contributed by atoms with van der Waals surface area (Å²) in [5.41, 5.74) is 3.67. The summed E-state index contributed by atoms with van der Waals surface area (Å²) in [6.07, 6.45) is 0.800. The van der Waals surface area contributed by atoms with E-state index in [0.29, 0.717) is 0 Å². The fraction of sp³-hybridized carbons (Fsp3) is 0.500. The summed E-state index contributed by atoms with van der Waals surface area (Å²) in [6, 6.07) is 7.81. The van der Waals surface area contributed by atoms with Crippen LogP contribution in [0.2, 0.25) is 5.02 Å². The monoisotopic (exact) mass is 242 g/mol. The lowest BCUT2D eigenvalue weighted by Gasteiger charge is -2.32. The molecule has 3 N–H and O–H groups in total. The molecule has 3 nitrogen and oxygen atoms in total. The van der Waals surface area contributed by atoms with Gasteiger partial charge in [0.05, 0.1) is 11.6 Å².